The molecule has 2 aromatic carbocycles. The minimum atomic E-state index is -0.399. The van der Waals surface area contributed by atoms with Crippen LogP contribution in [0.5, 0.6) is 0 Å². The maximum Gasteiger partial charge on any atom is 0.338 e. The number of hydrogen-bond donors (Lipinski definition) is 1. The molecule has 184 valence electrons. The predicted molar refractivity (Wildman–Crippen MR) is 133 cm³/mol. The lowest BCUT2D eigenvalue weighted by Crippen LogP contribution is -2.40. The number of nitrogens with one attached hydrogen (secondary N) is 1. The fourth-order valence-electron chi connectivity index (χ4n) is 6.19. The first-order valence-corrected chi connectivity index (χ1v) is 12.6. The quantitative estimate of drug-likeness (QED) is 0.375. The van der Waals surface area contributed by atoms with Crippen LogP contribution in [0.25, 0.3) is 0 Å². The second kappa shape index (κ2) is 8.43. The third-order valence-electron chi connectivity index (χ3n) is 7.98. The summed E-state index contributed by atoms with van der Waals surface area (Å²) in [6.45, 7) is 4.28. The number of carbonyl (C=O) groups excluding carboxylic acids is 4. The molecular weight excluding hydrogens is 456 g/mol. The van der Waals surface area contributed by atoms with E-state index in [1.54, 1.807) is 48.5 Å². The van der Waals surface area contributed by atoms with Crippen molar-refractivity contribution < 1.29 is 23.9 Å². The summed E-state index contributed by atoms with van der Waals surface area (Å²) in [4.78, 5) is 52.7. The van der Waals surface area contributed by atoms with Gasteiger partial charge in [0.1, 0.15) is 0 Å². The van der Waals surface area contributed by atoms with Gasteiger partial charge in [-0.2, -0.15) is 0 Å². The molecule has 5 aliphatic rings. The first kappa shape index (κ1) is 22.7. The standard InChI is InChI=1S/C29H28N2O5/c1-15(2)14-36-29(35)17-3-7-18(8-4-17)30-26(32)16-5-9-19(10-6-16)31-27(33)24-20-11-12-21(23-13-22(20)23)25(24)28(31)34/h3-12,15,20-25H,13-14H2,1-2H3,(H,30,32)/t20-,21+,22-,23-,24+,25+/m1/s1. The molecule has 1 N–H and O–H groups in total. The third kappa shape index (κ3) is 3.65. The predicted octanol–water partition coefficient (Wildman–Crippen LogP) is 4.31. The Labute approximate surface area is 209 Å². The molecule has 1 heterocycles. The second-order valence-corrected chi connectivity index (χ2v) is 10.7. The zero-order valence-electron chi connectivity index (χ0n) is 20.2. The molecule has 4 aliphatic carbocycles. The van der Waals surface area contributed by atoms with Crippen LogP contribution in [0.15, 0.2) is 60.7 Å². The highest BCUT2D eigenvalue weighted by atomic mass is 16.5. The van der Waals surface area contributed by atoms with Gasteiger partial charge in [0, 0.05) is 11.3 Å². The number of ether oxygens (including phenoxy) is 1. The Balaban J connectivity index is 1.12. The Bertz CT molecular complexity index is 1240. The lowest BCUT2D eigenvalue weighted by atomic mass is 9.63. The smallest absolute Gasteiger partial charge is 0.338 e. The van der Waals surface area contributed by atoms with Crippen LogP contribution in [-0.4, -0.2) is 30.3 Å². The maximum absolute atomic E-state index is 13.3. The molecular formula is C29H28N2O5. The normalized spacial score (nSPS) is 29.2. The number of nitrogens with zero attached hydrogens (tertiary/aromatic N) is 1. The van der Waals surface area contributed by atoms with Gasteiger partial charge < -0.3 is 10.1 Å². The number of rotatable bonds is 6. The van der Waals surface area contributed by atoms with Crippen molar-refractivity contribution in [2.24, 2.45) is 41.4 Å². The number of imide groups is 1. The van der Waals surface area contributed by atoms with Crippen molar-refractivity contribution in [3.05, 3.63) is 71.8 Å². The van der Waals surface area contributed by atoms with Crippen LogP contribution in [0.4, 0.5) is 11.4 Å². The summed E-state index contributed by atoms with van der Waals surface area (Å²) in [5, 5.41) is 2.80. The van der Waals surface area contributed by atoms with Crippen LogP contribution >= 0.6 is 0 Å². The summed E-state index contributed by atoms with van der Waals surface area (Å²) >= 11 is 0. The van der Waals surface area contributed by atoms with Gasteiger partial charge in [-0.25, -0.2) is 4.79 Å². The molecule has 0 radical (unpaired) electrons. The van der Waals surface area contributed by atoms with Crippen molar-refractivity contribution in [3.8, 4) is 0 Å². The number of anilines is 2. The first-order chi connectivity index (χ1) is 17.3. The van der Waals surface area contributed by atoms with Crippen molar-refractivity contribution in [3.63, 3.8) is 0 Å². The molecule has 6 atom stereocenters. The van der Waals surface area contributed by atoms with Crippen LogP contribution in [0.3, 0.4) is 0 Å². The molecule has 0 unspecified atom stereocenters. The van der Waals surface area contributed by atoms with E-state index in [0.29, 0.717) is 40.9 Å². The Kier molecular flexibility index (Phi) is 5.32. The lowest BCUT2D eigenvalue weighted by Gasteiger charge is -2.37. The number of benzene rings is 2. The van der Waals surface area contributed by atoms with Gasteiger partial charge in [-0.1, -0.05) is 26.0 Å². The van der Waals surface area contributed by atoms with Crippen molar-refractivity contribution >= 4 is 35.1 Å². The number of hydrogen-bond acceptors (Lipinski definition) is 5. The van der Waals surface area contributed by atoms with E-state index >= 15 is 0 Å². The second-order valence-electron chi connectivity index (χ2n) is 10.7. The summed E-state index contributed by atoms with van der Waals surface area (Å²) in [7, 11) is 0. The molecule has 1 saturated heterocycles. The summed E-state index contributed by atoms with van der Waals surface area (Å²) in [5.74, 6) is 0.290. The average molecular weight is 485 g/mol. The molecule has 1 aliphatic heterocycles. The molecule has 7 heteroatoms. The Hall–Kier alpha value is -3.74. The van der Waals surface area contributed by atoms with Gasteiger partial charge in [-0.05, 0) is 84.5 Å². The van der Waals surface area contributed by atoms with E-state index in [1.807, 2.05) is 13.8 Å². The first-order valence-electron chi connectivity index (χ1n) is 12.6. The van der Waals surface area contributed by atoms with Crippen molar-refractivity contribution in [2.75, 3.05) is 16.8 Å². The minimum Gasteiger partial charge on any atom is -0.462 e. The van der Waals surface area contributed by atoms with Crippen LogP contribution in [0.2, 0.25) is 0 Å². The van der Waals surface area contributed by atoms with Gasteiger partial charge >= 0.3 is 5.97 Å². The van der Waals surface area contributed by atoms with Crippen molar-refractivity contribution in [1.29, 1.82) is 0 Å². The Morgan fingerprint density at radius 2 is 1.44 bits per heavy atom. The summed E-state index contributed by atoms with van der Waals surface area (Å²) in [6, 6.07) is 13.1. The fraction of sp³-hybridized carbons (Fsp3) is 0.379. The monoisotopic (exact) mass is 484 g/mol. The molecule has 7 nitrogen and oxygen atoms in total. The fourth-order valence-corrected chi connectivity index (χ4v) is 6.19. The molecule has 2 bridgehead atoms. The molecule has 0 aromatic heterocycles. The number of allylic oxidation sites excluding steroid dienone is 2. The summed E-state index contributed by atoms with van der Waals surface area (Å²) in [6.07, 6.45) is 5.44. The van der Waals surface area contributed by atoms with Gasteiger partial charge in [0.2, 0.25) is 11.8 Å². The Morgan fingerprint density at radius 3 is 2.00 bits per heavy atom. The van der Waals surface area contributed by atoms with E-state index < -0.39 is 5.97 Å². The van der Waals surface area contributed by atoms with E-state index in [9.17, 15) is 19.2 Å². The number of carbonyl (C=O) groups is 4. The lowest BCUT2D eigenvalue weighted by molar-refractivity contribution is -0.124. The molecule has 7 rings (SSSR count). The molecule has 2 saturated carbocycles. The van der Waals surface area contributed by atoms with Crippen LogP contribution in [0.1, 0.15) is 41.0 Å². The molecule has 2 aromatic rings. The molecule has 0 spiro atoms. The molecule has 3 amide bonds. The van der Waals surface area contributed by atoms with Crippen LogP contribution < -0.4 is 10.2 Å². The van der Waals surface area contributed by atoms with Crippen LogP contribution in [-0.2, 0) is 14.3 Å². The zero-order valence-corrected chi connectivity index (χ0v) is 20.2. The van der Waals surface area contributed by atoms with E-state index in [2.05, 4.69) is 17.5 Å². The van der Waals surface area contributed by atoms with E-state index in [4.69, 9.17) is 4.74 Å². The van der Waals surface area contributed by atoms with Gasteiger partial charge in [-0.3, -0.25) is 19.3 Å². The SMILES string of the molecule is CC(C)COC(=O)c1ccc(NC(=O)c2ccc(N3C(=O)[C@H]4[C@@H]5C=C[C@@H]([C@H]6C[C@H]56)[C@@H]4C3=O)cc2)cc1. The molecule has 36 heavy (non-hydrogen) atoms. The van der Waals surface area contributed by atoms with Crippen molar-refractivity contribution in [1.82, 2.24) is 0 Å². The highest BCUT2D eigenvalue weighted by molar-refractivity contribution is 6.22. The van der Waals surface area contributed by atoms with Gasteiger partial charge in [0.05, 0.1) is 29.7 Å². The average Bonchev–Trinajstić information content (AvgIpc) is 3.66. The van der Waals surface area contributed by atoms with E-state index in [0.717, 1.165) is 6.42 Å². The topological polar surface area (TPSA) is 92.8 Å². The summed E-state index contributed by atoms with van der Waals surface area (Å²) < 4.78 is 5.22. The van der Waals surface area contributed by atoms with E-state index in [1.165, 1.54) is 4.90 Å². The third-order valence-corrected chi connectivity index (χ3v) is 7.98. The maximum atomic E-state index is 13.3. The van der Waals surface area contributed by atoms with Gasteiger partial charge in [0.15, 0.2) is 0 Å². The Morgan fingerprint density at radius 1 is 0.889 bits per heavy atom. The van der Waals surface area contributed by atoms with Gasteiger partial charge in [0.25, 0.3) is 5.91 Å². The van der Waals surface area contributed by atoms with Crippen molar-refractivity contribution in [2.45, 2.75) is 20.3 Å². The van der Waals surface area contributed by atoms with E-state index in [-0.39, 0.29) is 47.3 Å². The zero-order chi connectivity index (χ0) is 25.1. The van der Waals surface area contributed by atoms with Crippen LogP contribution in [0, 0.1) is 41.4 Å². The summed E-state index contributed by atoms with van der Waals surface area (Å²) in [5.41, 5.74) is 1.87. The molecule has 3 fully saturated rings. The number of amides is 3. The minimum absolute atomic E-state index is 0.112. The highest BCUT2D eigenvalue weighted by Crippen LogP contribution is 2.65. The van der Waals surface area contributed by atoms with Gasteiger partial charge in [-0.15, -0.1) is 0 Å². The highest BCUT2D eigenvalue weighted by Gasteiger charge is 2.67. The number of esters is 1. The largest absolute Gasteiger partial charge is 0.462 e.